The topological polar surface area (TPSA) is 57.7 Å². The summed E-state index contributed by atoms with van der Waals surface area (Å²) in [6, 6.07) is 21.9. The van der Waals surface area contributed by atoms with Gasteiger partial charge in [-0.2, -0.15) is 0 Å². The molecular formula is C27H30N2O3S. The Hall–Kier alpha value is -3.12. The molecule has 0 aliphatic carbocycles. The van der Waals surface area contributed by atoms with Gasteiger partial charge in [-0.1, -0.05) is 61.9 Å². The van der Waals surface area contributed by atoms with Crippen LogP contribution in [0.2, 0.25) is 0 Å². The van der Waals surface area contributed by atoms with E-state index in [1.807, 2.05) is 50.2 Å². The number of benzene rings is 3. The van der Waals surface area contributed by atoms with E-state index >= 15 is 0 Å². The molecule has 1 amide bonds. The van der Waals surface area contributed by atoms with Crippen LogP contribution in [-0.2, 0) is 21.2 Å². The Morgan fingerprint density at radius 1 is 1.00 bits per heavy atom. The van der Waals surface area contributed by atoms with Crippen molar-refractivity contribution in [2.75, 3.05) is 15.7 Å². The zero-order chi connectivity index (χ0) is 23.8. The lowest BCUT2D eigenvalue weighted by molar-refractivity contribution is -0.117. The molecule has 0 saturated carbocycles. The largest absolute Gasteiger partial charge is 0.307 e. The van der Waals surface area contributed by atoms with Gasteiger partial charge < -0.3 is 4.90 Å². The van der Waals surface area contributed by atoms with E-state index in [-0.39, 0.29) is 23.4 Å². The van der Waals surface area contributed by atoms with Gasteiger partial charge in [0.1, 0.15) is 6.54 Å². The summed E-state index contributed by atoms with van der Waals surface area (Å²) in [6.07, 6.45) is 0.760. The summed E-state index contributed by atoms with van der Waals surface area (Å²) in [6.45, 7) is 7.82. The van der Waals surface area contributed by atoms with Gasteiger partial charge >= 0.3 is 0 Å². The Morgan fingerprint density at radius 3 is 2.27 bits per heavy atom. The van der Waals surface area contributed by atoms with E-state index in [2.05, 4.69) is 13.8 Å². The van der Waals surface area contributed by atoms with Crippen LogP contribution in [0, 0.1) is 6.92 Å². The number of amides is 1. The third-order valence-electron chi connectivity index (χ3n) is 6.21. The van der Waals surface area contributed by atoms with Gasteiger partial charge in [-0.05, 0) is 67.6 Å². The summed E-state index contributed by atoms with van der Waals surface area (Å²) in [5.41, 5.74) is 4.53. The zero-order valence-corrected chi connectivity index (χ0v) is 20.3. The summed E-state index contributed by atoms with van der Waals surface area (Å²) >= 11 is 0. The molecule has 0 radical (unpaired) electrons. The van der Waals surface area contributed by atoms with Gasteiger partial charge in [0.15, 0.2) is 0 Å². The normalized spacial score (nSPS) is 15.5. The molecule has 0 saturated heterocycles. The van der Waals surface area contributed by atoms with Crippen LogP contribution in [0.15, 0.2) is 77.7 Å². The van der Waals surface area contributed by atoms with E-state index in [1.165, 1.54) is 4.31 Å². The smallest absolute Gasteiger partial charge is 0.264 e. The molecule has 0 unspecified atom stereocenters. The molecule has 0 bridgehead atoms. The molecule has 33 heavy (non-hydrogen) atoms. The van der Waals surface area contributed by atoms with Crippen LogP contribution >= 0.6 is 0 Å². The van der Waals surface area contributed by atoms with Crippen molar-refractivity contribution in [2.45, 2.75) is 51.0 Å². The average molecular weight is 463 g/mol. The third-order valence-corrected chi connectivity index (χ3v) is 8.00. The lowest BCUT2D eigenvalue weighted by Gasteiger charge is -2.29. The molecule has 172 valence electrons. The molecule has 1 aliphatic rings. The van der Waals surface area contributed by atoms with E-state index in [0.717, 1.165) is 28.8 Å². The molecule has 1 atom stereocenters. The first-order valence-corrected chi connectivity index (χ1v) is 12.7. The van der Waals surface area contributed by atoms with Crippen molar-refractivity contribution in [1.29, 1.82) is 0 Å². The Kier molecular flexibility index (Phi) is 6.30. The maximum atomic E-state index is 13.7. The van der Waals surface area contributed by atoms with Crippen LogP contribution in [0.25, 0.3) is 0 Å². The maximum absolute atomic E-state index is 13.7. The highest BCUT2D eigenvalue weighted by Crippen LogP contribution is 2.33. The van der Waals surface area contributed by atoms with Crippen molar-refractivity contribution in [3.63, 3.8) is 0 Å². The molecule has 6 heteroatoms. The summed E-state index contributed by atoms with van der Waals surface area (Å²) in [7, 11) is -3.94. The van der Waals surface area contributed by atoms with Crippen molar-refractivity contribution in [3.05, 3.63) is 89.5 Å². The van der Waals surface area contributed by atoms with Crippen LogP contribution in [-0.4, -0.2) is 26.9 Å². The summed E-state index contributed by atoms with van der Waals surface area (Å²) in [5, 5.41) is 0. The summed E-state index contributed by atoms with van der Waals surface area (Å²) < 4.78 is 28.6. The van der Waals surface area contributed by atoms with Gasteiger partial charge in [-0.3, -0.25) is 9.10 Å². The second kappa shape index (κ2) is 9.02. The number of rotatable bonds is 6. The number of hydrogen-bond acceptors (Lipinski definition) is 3. The number of para-hydroxylation sites is 1. The first-order chi connectivity index (χ1) is 15.7. The van der Waals surface area contributed by atoms with Crippen LogP contribution in [0.4, 0.5) is 11.4 Å². The predicted octanol–water partition coefficient (Wildman–Crippen LogP) is 5.29. The second-order valence-corrected chi connectivity index (χ2v) is 10.9. The molecule has 0 aromatic heterocycles. The molecule has 5 nitrogen and oxygen atoms in total. The third kappa shape index (κ3) is 4.53. The zero-order valence-electron chi connectivity index (χ0n) is 19.5. The molecule has 0 spiro atoms. The van der Waals surface area contributed by atoms with Gasteiger partial charge in [0.25, 0.3) is 10.0 Å². The fourth-order valence-electron chi connectivity index (χ4n) is 4.32. The van der Waals surface area contributed by atoms with Crippen LogP contribution in [0.1, 0.15) is 43.4 Å². The minimum absolute atomic E-state index is 0.0258. The number of carbonyl (C=O) groups is 1. The first kappa shape index (κ1) is 23.1. The van der Waals surface area contributed by atoms with E-state index in [4.69, 9.17) is 0 Å². The lowest BCUT2D eigenvalue weighted by atomic mass is 10.0. The number of sulfonamides is 1. The van der Waals surface area contributed by atoms with Crippen molar-refractivity contribution < 1.29 is 13.2 Å². The number of carbonyl (C=O) groups excluding carboxylic acids is 1. The molecule has 1 aliphatic heterocycles. The van der Waals surface area contributed by atoms with E-state index in [9.17, 15) is 13.2 Å². The Labute approximate surface area is 196 Å². The highest BCUT2D eigenvalue weighted by molar-refractivity contribution is 7.92. The van der Waals surface area contributed by atoms with Crippen LogP contribution < -0.4 is 9.21 Å². The van der Waals surface area contributed by atoms with Gasteiger partial charge in [0, 0.05) is 11.7 Å². The summed E-state index contributed by atoms with van der Waals surface area (Å²) in [5.74, 6) is 0.0841. The standard InChI is InChI=1S/C27H30N2O3S/c1-19(2)22-11-13-24(14-12-22)28(33(31,32)25-15-9-20(3)10-16-25)18-27(30)29-21(4)17-23-7-5-6-8-26(23)29/h5-16,19,21H,17-18H2,1-4H3/t21-/m0/s1. The highest BCUT2D eigenvalue weighted by atomic mass is 32.2. The van der Waals surface area contributed by atoms with Gasteiger partial charge in [0.05, 0.1) is 10.6 Å². The molecule has 0 fully saturated rings. The van der Waals surface area contributed by atoms with E-state index in [1.54, 1.807) is 41.3 Å². The number of anilines is 2. The fraction of sp³-hybridized carbons (Fsp3) is 0.296. The number of nitrogens with zero attached hydrogens (tertiary/aromatic N) is 2. The molecule has 0 N–H and O–H groups in total. The molecule has 1 heterocycles. The van der Waals surface area contributed by atoms with E-state index in [0.29, 0.717) is 11.6 Å². The minimum atomic E-state index is -3.94. The molecule has 3 aromatic carbocycles. The predicted molar refractivity (Wildman–Crippen MR) is 133 cm³/mol. The second-order valence-electron chi connectivity index (χ2n) is 9.02. The number of fused-ring (bicyclic) bond motifs is 1. The van der Waals surface area contributed by atoms with Crippen molar-refractivity contribution >= 4 is 27.3 Å². The Morgan fingerprint density at radius 2 is 1.64 bits per heavy atom. The molecule has 3 aromatic rings. The quantitative estimate of drug-likeness (QED) is 0.500. The van der Waals surface area contributed by atoms with Crippen LogP contribution in [0.5, 0.6) is 0 Å². The van der Waals surface area contributed by atoms with Gasteiger partial charge in [-0.15, -0.1) is 0 Å². The van der Waals surface area contributed by atoms with Crippen molar-refractivity contribution in [2.24, 2.45) is 0 Å². The SMILES string of the molecule is Cc1ccc(S(=O)(=O)N(CC(=O)N2c3ccccc3C[C@@H]2C)c2ccc(C(C)C)cc2)cc1. The highest BCUT2D eigenvalue weighted by Gasteiger charge is 2.34. The van der Waals surface area contributed by atoms with Crippen molar-refractivity contribution in [3.8, 4) is 0 Å². The maximum Gasteiger partial charge on any atom is 0.264 e. The average Bonchev–Trinajstić information content (AvgIpc) is 3.13. The van der Waals surface area contributed by atoms with Crippen LogP contribution in [0.3, 0.4) is 0 Å². The first-order valence-electron chi connectivity index (χ1n) is 11.3. The Bertz CT molecular complexity index is 1250. The molecule has 4 rings (SSSR count). The summed E-state index contributed by atoms with van der Waals surface area (Å²) in [4.78, 5) is 15.4. The lowest BCUT2D eigenvalue weighted by Crippen LogP contribution is -2.45. The Balaban J connectivity index is 1.73. The van der Waals surface area contributed by atoms with Gasteiger partial charge in [0.2, 0.25) is 5.91 Å². The number of hydrogen-bond donors (Lipinski definition) is 0. The van der Waals surface area contributed by atoms with Gasteiger partial charge in [-0.25, -0.2) is 8.42 Å². The monoisotopic (exact) mass is 462 g/mol. The fourth-order valence-corrected chi connectivity index (χ4v) is 5.74. The van der Waals surface area contributed by atoms with E-state index < -0.39 is 10.0 Å². The molecular weight excluding hydrogens is 432 g/mol. The number of aryl methyl sites for hydroxylation is 1. The van der Waals surface area contributed by atoms with Crippen molar-refractivity contribution in [1.82, 2.24) is 0 Å². The minimum Gasteiger partial charge on any atom is -0.307 e.